The highest BCUT2D eigenvalue weighted by Gasteiger charge is 2.07. The number of amides is 1. The second kappa shape index (κ2) is 7.23. The number of halogens is 1. The van der Waals surface area contributed by atoms with Gasteiger partial charge in [0.05, 0.1) is 18.7 Å². The summed E-state index contributed by atoms with van der Waals surface area (Å²) in [4.78, 5) is 12.1. The lowest BCUT2D eigenvalue weighted by atomic mass is 10.1. The lowest BCUT2D eigenvalue weighted by Crippen LogP contribution is -2.21. The van der Waals surface area contributed by atoms with Crippen LogP contribution in [0.25, 0.3) is 10.8 Å². The molecule has 3 aromatic carbocycles. The fourth-order valence-electron chi connectivity index (χ4n) is 2.50. The van der Waals surface area contributed by atoms with E-state index in [4.69, 9.17) is 16.3 Å². The number of benzene rings is 3. The van der Waals surface area contributed by atoms with Crippen LogP contribution in [0.2, 0.25) is 5.02 Å². The summed E-state index contributed by atoms with van der Waals surface area (Å²) in [6, 6.07) is 19.1. The van der Waals surface area contributed by atoms with E-state index in [1.807, 2.05) is 42.5 Å². The van der Waals surface area contributed by atoms with E-state index in [0.29, 0.717) is 16.5 Å². The van der Waals surface area contributed by atoms with Crippen LogP contribution in [0.15, 0.2) is 60.7 Å². The number of ether oxygens (including phenoxy) is 1. The lowest BCUT2D eigenvalue weighted by molar-refractivity contribution is -0.114. The highest BCUT2D eigenvalue weighted by molar-refractivity contribution is 6.32. The van der Waals surface area contributed by atoms with Gasteiger partial charge in [-0.15, -0.1) is 0 Å². The van der Waals surface area contributed by atoms with Crippen LogP contribution in [0.3, 0.4) is 0 Å². The molecule has 0 aliphatic heterocycles. The zero-order valence-electron chi connectivity index (χ0n) is 13.2. The van der Waals surface area contributed by atoms with Crippen LogP contribution >= 0.6 is 11.6 Å². The van der Waals surface area contributed by atoms with Gasteiger partial charge in [-0.25, -0.2) is 0 Å². The van der Waals surface area contributed by atoms with Crippen molar-refractivity contribution < 1.29 is 9.53 Å². The van der Waals surface area contributed by atoms with Gasteiger partial charge in [-0.3, -0.25) is 4.79 Å². The average Bonchev–Trinajstić information content (AvgIpc) is 2.60. The quantitative estimate of drug-likeness (QED) is 0.716. The van der Waals surface area contributed by atoms with Crippen molar-refractivity contribution in [3.63, 3.8) is 0 Å². The summed E-state index contributed by atoms with van der Waals surface area (Å²) in [6.45, 7) is 0.164. The van der Waals surface area contributed by atoms with Gasteiger partial charge in [-0.2, -0.15) is 0 Å². The first-order valence-electron chi connectivity index (χ1n) is 7.52. The Labute approximate surface area is 145 Å². The van der Waals surface area contributed by atoms with Crippen molar-refractivity contribution in [3.05, 3.63) is 65.7 Å². The van der Waals surface area contributed by atoms with Crippen LogP contribution in [-0.2, 0) is 4.79 Å². The molecule has 0 spiro atoms. The molecule has 0 radical (unpaired) electrons. The fourth-order valence-corrected chi connectivity index (χ4v) is 2.76. The van der Waals surface area contributed by atoms with Gasteiger partial charge in [0.2, 0.25) is 5.91 Å². The Morgan fingerprint density at radius 3 is 2.67 bits per heavy atom. The number of carbonyl (C=O) groups excluding carboxylic acids is 1. The smallest absolute Gasteiger partial charge is 0.243 e. The van der Waals surface area contributed by atoms with Gasteiger partial charge >= 0.3 is 0 Å². The molecule has 3 rings (SSSR count). The molecule has 122 valence electrons. The molecule has 0 aliphatic carbocycles. The normalized spacial score (nSPS) is 10.4. The molecule has 0 aliphatic rings. The summed E-state index contributed by atoms with van der Waals surface area (Å²) in [5.41, 5.74) is 1.56. The van der Waals surface area contributed by atoms with E-state index in [1.54, 1.807) is 25.3 Å². The van der Waals surface area contributed by atoms with E-state index in [9.17, 15) is 4.79 Å². The van der Waals surface area contributed by atoms with E-state index in [2.05, 4.69) is 10.6 Å². The highest BCUT2D eigenvalue weighted by Crippen LogP contribution is 2.27. The van der Waals surface area contributed by atoms with Gasteiger partial charge in [0.25, 0.3) is 0 Å². The Morgan fingerprint density at radius 2 is 1.88 bits per heavy atom. The Morgan fingerprint density at radius 1 is 1.08 bits per heavy atom. The Kier molecular flexibility index (Phi) is 4.87. The van der Waals surface area contributed by atoms with Crippen molar-refractivity contribution in [2.45, 2.75) is 0 Å². The predicted molar refractivity (Wildman–Crippen MR) is 99.1 cm³/mol. The number of hydrogen-bond acceptors (Lipinski definition) is 3. The van der Waals surface area contributed by atoms with Crippen LogP contribution in [0, 0.1) is 0 Å². The van der Waals surface area contributed by atoms with Crippen molar-refractivity contribution in [3.8, 4) is 5.75 Å². The largest absolute Gasteiger partial charge is 0.495 e. The van der Waals surface area contributed by atoms with E-state index in [-0.39, 0.29) is 12.5 Å². The second-order valence-corrected chi connectivity index (χ2v) is 5.68. The number of anilines is 2. The summed E-state index contributed by atoms with van der Waals surface area (Å²) in [5, 5.41) is 8.65. The predicted octanol–water partition coefficient (Wildman–Crippen LogP) is 4.55. The minimum atomic E-state index is -0.149. The Bertz CT molecular complexity index is 875. The number of fused-ring (bicyclic) bond motifs is 1. The van der Waals surface area contributed by atoms with E-state index in [1.165, 1.54) is 0 Å². The third-order valence-corrected chi connectivity index (χ3v) is 3.96. The van der Waals surface area contributed by atoms with Gasteiger partial charge in [-0.05, 0) is 29.7 Å². The van der Waals surface area contributed by atoms with Gasteiger partial charge in [0.15, 0.2) is 0 Å². The monoisotopic (exact) mass is 340 g/mol. The number of rotatable bonds is 5. The van der Waals surface area contributed by atoms with Crippen molar-refractivity contribution in [1.29, 1.82) is 0 Å². The number of hydrogen-bond donors (Lipinski definition) is 2. The zero-order valence-corrected chi connectivity index (χ0v) is 13.9. The molecule has 1 amide bonds. The first-order valence-corrected chi connectivity index (χ1v) is 7.90. The zero-order chi connectivity index (χ0) is 16.9. The molecular formula is C19H17ClN2O2. The van der Waals surface area contributed by atoms with Crippen molar-refractivity contribution in [2.75, 3.05) is 24.3 Å². The first kappa shape index (κ1) is 16.1. The molecule has 3 aromatic rings. The molecule has 0 saturated heterocycles. The van der Waals surface area contributed by atoms with Crippen LogP contribution in [0.4, 0.5) is 11.4 Å². The summed E-state index contributed by atoms with van der Waals surface area (Å²) in [5.74, 6) is 0.424. The summed E-state index contributed by atoms with van der Waals surface area (Å²) < 4.78 is 5.09. The maximum atomic E-state index is 12.1. The summed E-state index contributed by atoms with van der Waals surface area (Å²) >= 11 is 6.06. The molecule has 0 atom stereocenters. The van der Waals surface area contributed by atoms with Crippen molar-refractivity contribution in [2.24, 2.45) is 0 Å². The van der Waals surface area contributed by atoms with Gasteiger partial charge in [-0.1, -0.05) is 48.0 Å². The van der Waals surface area contributed by atoms with Crippen molar-refractivity contribution >= 4 is 39.7 Å². The molecule has 0 heterocycles. The van der Waals surface area contributed by atoms with Crippen LogP contribution in [-0.4, -0.2) is 19.6 Å². The molecule has 0 unspecified atom stereocenters. The van der Waals surface area contributed by atoms with Gasteiger partial charge in [0, 0.05) is 16.8 Å². The minimum absolute atomic E-state index is 0.149. The van der Waals surface area contributed by atoms with E-state index >= 15 is 0 Å². The SMILES string of the molecule is COc1ccc(NC(=O)CNc2cccc3ccccc23)cc1Cl. The van der Waals surface area contributed by atoms with Gasteiger partial charge in [0.1, 0.15) is 5.75 Å². The van der Waals surface area contributed by atoms with Crippen LogP contribution < -0.4 is 15.4 Å². The van der Waals surface area contributed by atoms with Crippen molar-refractivity contribution in [1.82, 2.24) is 0 Å². The topological polar surface area (TPSA) is 50.4 Å². The number of methoxy groups -OCH3 is 1. The maximum Gasteiger partial charge on any atom is 0.243 e. The Hall–Kier alpha value is -2.72. The molecule has 2 N–H and O–H groups in total. The molecule has 5 heteroatoms. The molecule has 0 bridgehead atoms. The molecule has 0 fully saturated rings. The fraction of sp³-hybridized carbons (Fsp3) is 0.105. The molecular weight excluding hydrogens is 324 g/mol. The Balaban J connectivity index is 1.66. The van der Waals surface area contributed by atoms with Gasteiger partial charge < -0.3 is 15.4 Å². The average molecular weight is 341 g/mol. The minimum Gasteiger partial charge on any atom is -0.495 e. The molecule has 0 aromatic heterocycles. The molecule has 24 heavy (non-hydrogen) atoms. The van der Waals surface area contributed by atoms with E-state index in [0.717, 1.165) is 16.5 Å². The number of nitrogens with one attached hydrogen (secondary N) is 2. The molecule has 4 nitrogen and oxygen atoms in total. The number of carbonyl (C=O) groups is 1. The standard InChI is InChI=1S/C19H17ClN2O2/c1-24-18-10-9-14(11-16(18)20)22-19(23)12-21-17-8-4-6-13-5-2-3-7-15(13)17/h2-11,21H,12H2,1H3,(H,22,23). The highest BCUT2D eigenvalue weighted by atomic mass is 35.5. The van der Waals surface area contributed by atoms with Crippen LogP contribution in [0.1, 0.15) is 0 Å². The van der Waals surface area contributed by atoms with E-state index < -0.39 is 0 Å². The third-order valence-electron chi connectivity index (χ3n) is 3.66. The summed E-state index contributed by atoms with van der Waals surface area (Å²) in [6.07, 6.45) is 0. The van der Waals surface area contributed by atoms with Crippen LogP contribution in [0.5, 0.6) is 5.75 Å². The third kappa shape index (κ3) is 3.60. The lowest BCUT2D eigenvalue weighted by Gasteiger charge is -2.11. The first-order chi connectivity index (χ1) is 11.7. The second-order valence-electron chi connectivity index (χ2n) is 5.28. The summed E-state index contributed by atoms with van der Waals surface area (Å²) in [7, 11) is 1.55. The molecule has 0 saturated carbocycles. The maximum absolute atomic E-state index is 12.1.